The van der Waals surface area contributed by atoms with Crippen molar-refractivity contribution >= 4 is 5.91 Å². The van der Waals surface area contributed by atoms with Crippen LogP contribution >= 0.6 is 0 Å². The lowest BCUT2D eigenvalue weighted by atomic mass is 9.79. The molecule has 1 saturated heterocycles. The van der Waals surface area contributed by atoms with Crippen molar-refractivity contribution in [3.05, 3.63) is 0 Å². The van der Waals surface area contributed by atoms with E-state index in [1.807, 2.05) is 11.8 Å². The molecule has 0 spiro atoms. The lowest BCUT2D eigenvalue weighted by Gasteiger charge is -2.44. The van der Waals surface area contributed by atoms with Crippen LogP contribution in [0.1, 0.15) is 59.8 Å². The van der Waals surface area contributed by atoms with E-state index in [1.165, 1.54) is 6.42 Å². The van der Waals surface area contributed by atoms with Crippen LogP contribution in [0.25, 0.3) is 0 Å². The van der Waals surface area contributed by atoms with Gasteiger partial charge in [0.2, 0.25) is 5.91 Å². The van der Waals surface area contributed by atoms with Crippen molar-refractivity contribution in [3.8, 4) is 0 Å². The zero-order valence-electron chi connectivity index (χ0n) is 13.7. The topological polar surface area (TPSA) is 41.6 Å². The molecule has 2 unspecified atom stereocenters. The second kappa shape index (κ2) is 5.64. The number of rotatable bonds is 6. The predicted octanol–water partition coefficient (Wildman–Crippen LogP) is 2.53. The van der Waals surface area contributed by atoms with Crippen LogP contribution in [0.5, 0.6) is 0 Å². The summed E-state index contributed by atoms with van der Waals surface area (Å²) in [4.78, 5) is 14.8. The van der Waals surface area contributed by atoms with Gasteiger partial charge in [-0.25, -0.2) is 0 Å². The summed E-state index contributed by atoms with van der Waals surface area (Å²) in [5.74, 6) is 0.816. The first kappa shape index (κ1) is 15.8. The van der Waals surface area contributed by atoms with Crippen LogP contribution in [-0.4, -0.2) is 41.8 Å². The largest absolute Gasteiger partial charge is 0.376 e. The highest BCUT2D eigenvalue weighted by Gasteiger charge is 2.50. The van der Waals surface area contributed by atoms with Crippen molar-refractivity contribution < 1.29 is 9.53 Å². The normalized spacial score (nSPS) is 32.8. The van der Waals surface area contributed by atoms with Crippen molar-refractivity contribution in [2.75, 3.05) is 13.7 Å². The summed E-state index contributed by atoms with van der Waals surface area (Å²) in [5, 5.41) is 3.56. The van der Waals surface area contributed by atoms with Crippen LogP contribution in [0, 0.1) is 5.92 Å². The Kier molecular flexibility index (Phi) is 4.45. The van der Waals surface area contributed by atoms with Gasteiger partial charge in [-0.05, 0) is 44.9 Å². The fraction of sp³-hybridized carbons (Fsp3) is 0.938. The van der Waals surface area contributed by atoms with Crippen LogP contribution in [0.4, 0.5) is 0 Å². The standard InChI is InChI=1S/C16H30N2O2/c1-6-15(4)14(19)18(13(17-15)10-12(2)3)11-16(20-5)8-7-9-16/h12-13,17H,6-11H2,1-5H3. The van der Waals surface area contributed by atoms with E-state index in [0.717, 1.165) is 32.2 Å². The number of ether oxygens (including phenoxy) is 1. The fourth-order valence-electron chi connectivity index (χ4n) is 3.34. The van der Waals surface area contributed by atoms with Crippen LogP contribution in [0.3, 0.4) is 0 Å². The molecule has 20 heavy (non-hydrogen) atoms. The zero-order valence-corrected chi connectivity index (χ0v) is 13.7. The molecule has 1 aliphatic carbocycles. The molecular weight excluding hydrogens is 252 g/mol. The molecule has 0 bridgehead atoms. The van der Waals surface area contributed by atoms with Crippen LogP contribution in [0.15, 0.2) is 0 Å². The molecular formula is C16H30N2O2. The molecule has 1 aliphatic heterocycles. The van der Waals surface area contributed by atoms with Gasteiger partial charge >= 0.3 is 0 Å². The maximum Gasteiger partial charge on any atom is 0.243 e. The Labute approximate surface area is 123 Å². The van der Waals surface area contributed by atoms with Crippen molar-refractivity contribution in [2.45, 2.75) is 77.1 Å². The average Bonchev–Trinajstić information content (AvgIpc) is 2.57. The third kappa shape index (κ3) is 2.73. The summed E-state index contributed by atoms with van der Waals surface area (Å²) in [6, 6.07) is 0. The number of hydrogen-bond donors (Lipinski definition) is 1. The van der Waals surface area contributed by atoms with Gasteiger partial charge < -0.3 is 9.64 Å². The number of nitrogens with one attached hydrogen (secondary N) is 1. The molecule has 2 aliphatic rings. The number of hydrogen-bond acceptors (Lipinski definition) is 3. The van der Waals surface area contributed by atoms with Crippen molar-refractivity contribution in [3.63, 3.8) is 0 Å². The summed E-state index contributed by atoms with van der Waals surface area (Å²) in [6.07, 6.45) is 5.34. The van der Waals surface area contributed by atoms with Gasteiger partial charge in [0, 0.05) is 7.11 Å². The molecule has 116 valence electrons. The third-order valence-corrected chi connectivity index (χ3v) is 5.15. The minimum Gasteiger partial charge on any atom is -0.376 e. The molecule has 2 rings (SSSR count). The van der Waals surface area contributed by atoms with Gasteiger partial charge in [-0.3, -0.25) is 10.1 Å². The second-order valence-corrected chi connectivity index (χ2v) is 7.15. The minimum atomic E-state index is -0.405. The van der Waals surface area contributed by atoms with Gasteiger partial charge in [-0.2, -0.15) is 0 Å². The Morgan fingerprint density at radius 1 is 1.45 bits per heavy atom. The van der Waals surface area contributed by atoms with Gasteiger partial charge in [-0.1, -0.05) is 20.8 Å². The predicted molar refractivity (Wildman–Crippen MR) is 80.4 cm³/mol. The zero-order chi connectivity index (χ0) is 15.0. The number of amides is 1. The first-order valence-electron chi connectivity index (χ1n) is 8.00. The summed E-state index contributed by atoms with van der Waals surface area (Å²) < 4.78 is 5.72. The lowest BCUT2D eigenvalue weighted by molar-refractivity contribution is -0.142. The summed E-state index contributed by atoms with van der Waals surface area (Å²) >= 11 is 0. The SMILES string of the molecule is CCC1(C)NC(CC(C)C)N(CC2(OC)CCC2)C1=O. The number of carbonyl (C=O) groups is 1. The van der Waals surface area contributed by atoms with Crippen molar-refractivity contribution in [1.29, 1.82) is 0 Å². The van der Waals surface area contributed by atoms with Crippen molar-refractivity contribution in [1.82, 2.24) is 10.2 Å². The van der Waals surface area contributed by atoms with Gasteiger partial charge in [0.05, 0.1) is 23.9 Å². The molecule has 2 fully saturated rings. The number of nitrogens with zero attached hydrogens (tertiary/aromatic N) is 1. The highest BCUT2D eigenvalue weighted by Crippen LogP contribution is 2.38. The Bertz CT molecular complexity index is 360. The summed E-state index contributed by atoms with van der Waals surface area (Å²) in [5.41, 5.74) is -0.496. The van der Waals surface area contributed by atoms with E-state index < -0.39 is 5.54 Å². The quantitative estimate of drug-likeness (QED) is 0.814. The van der Waals surface area contributed by atoms with Crippen LogP contribution in [-0.2, 0) is 9.53 Å². The van der Waals surface area contributed by atoms with E-state index >= 15 is 0 Å². The minimum absolute atomic E-state index is 0.0917. The molecule has 1 amide bonds. The van der Waals surface area contributed by atoms with Gasteiger partial charge in [0.15, 0.2) is 0 Å². The van der Waals surface area contributed by atoms with Gasteiger partial charge in [0.25, 0.3) is 0 Å². The van der Waals surface area contributed by atoms with Gasteiger partial charge in [0.1, 0.15) is 0 Å². The maximum atomic E-state index is 12.8. The van der Waals surface area contributed by atoms with Crippen molar-refractivity contribution in [2.24, 2.45) is 5.92 Å². The van der Waals surface area contributed by atoms with Crippen LogP contribution < -0.4 is 5.32 Å². The Hall–Kier alpha value is -0.610. The molecule has 4 heteroatoms. The monoisotopic (exact) mass is 282 g/mol. The molecule has 1 N–H and O–H groups in total. The van der Waals surface area contributed by atoms with E-state index in [4.69, 9.17) is 4.74 Å². The second-order valence-electron chi connectivity index (χ2n) is 7.15. The molecule has 0 aromatic heterocycles. The summed E-state index contributed by atoms with van der Waals surface area (Å²) in [6.45, 7) is 9.27. The van der Waals surface area contributed by atoms with Crippen LogP contribution in [0.2, 0.25) is 0 Å². The molecule has 0 radical (unpaired) electrons. The molecule has 0 aromatic rings. The molecule has 1 saturated carbocycles. The molecule has 4 nitrogen and oxygen atoms in total. The molecule has 2 atom stereocenters. The smallest absolute Gasteiger partial charge is 0.243 e. The Morgan fingerprint density at radius 3 is 2.50 bits per heavy atom. The highest BCUT2D eigenvalue weighted by molar-refractivity contribution is 5.88. The first-order chi connectivity index (χ1) is 9.36. The summed E-state index contributed by atoms with van der Waals surface area (Å²) in [7, 11) is 1.78. The molecule has 0 aromatic carbocycles. The lowest BCUT2D eigenvalue weighted by Crippen LogP contribution is -2.53. The van der Waals surface area contributed by atoms with E-state index in [2.05, 4.69) is 26.1 Å². The number of methoxy groups -OCH3 is 1. The Balaban J connectivity index is 2.15. The van der Waals surface area contributed by atoms with E-state index in [1.54, 1.807) is 7.11 Å². The number of carbonyl (C=O) groups excluding carboxylic acids is 1. The van der Waals surface area contributed by atoms with E-state index in [0.29, 0.717) is 5.92 Å². The highest BCUT2D eigenvalue weighted by atomic mass is 16.5. The molecule has 1 heterocycles. The third-order valence-electron chi connectivity index (χ3n) is 5.15. The van der Waals surface area contributed by atoms with E-state index in [9.17, 15) is 4.79 Å². The van der Waals surface area contributed by atoms with Gasteiger partial charge in [-0.15, -0.1) is 0 Å². The van der Waals surface area contributed by atoms with E-state index in [-0.39, 0.29) is 17.7 Å². The first-order valence-corrected chi connectivity index (χ1v) is 8.00. The Morgan fingerprint density at radius 2 is 2.10 bits per heavy atom. The average molecular weight is 282 g/mol. The maximum absolute atomic E-state index is 12.8. The fourth-order valence-corrected chi connectivity index (χ4v) is 3.34.